The zero-order valence-corrected chi connectivity index (χ0v) is 13.0. The Bertz CT molecular complexity index is 521. The first kappa shape index (κ1) is 19.1. The summed E-state index contributed by atoms with van der Waals surface area (Å²) in [6.07, 6.45) is -4.95. The molecule has 1 aromatic carbocycles. The fraction of sp³-hybridized carbons (Fsp3) is 0.647. The summed E-state index contributed by atoms with van der Waals surface area (Å²) in [7, 11) is 0. The van der Waals surface area contributed by atoms with Crippen LogP contribution in [0.3, 0.4) is 0 Å². The number of hydrogen-bond acceptors (Lipinski definition) is 0. The maximum absolute atomic E-state index is 13.9. The lowest BCUT2D eigenvalue weighted by molar-refractivity contribution is -0.184. The van der Waals surface area contributed by atoms with Gasteiger partial charge in [0.25, 0.3) is 0 Å². The van der Waals surface area contributed by atoms with Crippen LogP contribution in [0.1, 0.15) is 61.7 Å². The molecule has 0 heterocycles. The summed E-state index contributed by atoms with van der Waals surface area (Å²) in [5.74, 6) is -2.82. The Morgan fingerprint density at radius 3 is 2.00 bits per heavy atom. The van der Waals surface area contributed by atoms with E-state index in [0.29, 0.717) is 25.2 Å². The van der Waals surface area contributed by atoms with Gasteiger partial charge in [-0.3, -0.25) is 4.39 Å². The van der Waals surface area contributed by atoms with Crippen molar-refractivity contribution >= 4 is 0 Å². The van der Waals surface area contributed by atoms with Crippen molar-refractivity contribution in [3.63, 3.8) is 0 Å². The van der Waals surface area contributed by atoms with Crippen LogP contribution in [-0.2, 0) is 0 Å². The van der Waals surface area contributed by atoms with Crippen molar-refractivity contribution in [3.05, 3.63) is 34.9 Å². The largest absolute Gasteiger partial charge is 0.424 e. The van der Waals surface area contributed by atoms with E-state index in [2.05, 4.69) is 0 Å². The highest BCUT2D eigenvalue weighted by Gasteiger charge is 2.44. The molecule has 24 heavy (non-hydrogen) atoms. The molecule has 0 radical (unpaired) electrons. The first-order chi connectivity index (χ1) is 11.2. The molecular weight excluding hydrogens is 337 g/mol. The highest BCUT2D eigenvalue weighted by Crippen LogP contribution is 2.42. The van der Waals surface area contributed by atoms with Gasteiger partial charge in [-0.25, -0.2) is 13.2 Å². The Kier molecular flexibility index (Phi) is 6.15. The van der Waals surface area contributed by atoms with E-state index in [0.717, 1.165) is 31.4 Å². The molecule has 136 valence electrons. The van der Waals surface area contributed by atoms with E-state index in [1.54, 1.807) is 0 Å². The van der Waals surface area contributed by atoms with Crippen molar-refractivity contribution in [2.75, 3.05) is 6.67 Å². The number of halogens is 7. The molecule has 0 saturated heterocycles. The molecule has 1 atom stereocenters. The minimum atomic E-state index is -5.35. The molecule has 1 aliphatic carbocycles. The molecule has 0 nitrogen and oxygen atoms in total. The Labute approximate surface area is 136 Å². The van der Waals surface area contributed by atoms with Gasteiger partial charge in [0.2, 0.25) is 6.17 Å². The van der Waals surface area contributed by atoms with Gasteiger partial charge in [0.05, 0.1) is 12.2 Å². The molecule has 1 saturated carbocycles. The monoisotopic (exact) mass is 356 g/mol. The Hall–Kier alpha value is -1.27. The van der Waals surface area contributed by atoms with Crippen molar-refractivity contribution in [2.45, 2.75) is 56.8 Å². The van der Waals surface area contributed by atoms with E-state index < -0.39 is 29.5 Å². The van der Waals surface area contributed by atoms with Crippen LogP contribution < -0.4 is 0 Å². The van der Waals surface area contributed by atoms with E-state index in [9.17, 15) is 30.7 Å². The van der Waals surface area contributed by atoms with Crippen molar-refractivity contribution < 1.29 is 30.7 Å². The number of rotatable bonds is 5. The molecule has 7 heteroatoms. The molecule has 0 bridgehead atoms. The molecule has 0 amide bonds. The fourth-order valence-corrected chi connectivity index (χ4v) is 3.40. The third-order valence-electron chi connectivity index (χ3n) is 4.71. The minimum absolute atomic E-state index is 0.173. The average Bonchev–Trinajstić information content (AvgIpc) is 2.51. The summed E-state index contributed by atoms with van der Waals surface area (Å²) in [6, 6.07) is 1.62. The maximum Gasteiger partial charge on any atom is 0.424 e. The van der Waals surface area contributed by atoms with E-state index in [1.807, 2.05) is 0 Å². The standard InChI is InChI=1S/C17H19F7/c18-7-1-2-10-3-5-11(6-4-10)12-8-13(19)15(14(20)9-12)16(21)17(22,23)24/h8-11,16H,1-7H2. The second kappa shape index (κ2) is 7.74. The van der Waals surface area contributed by atoms with Crippen molar-refractivity contribution in [3.8, 4) is 0 Å². The van der Waals surface area contributed by atoms with Gasteiger partial charge in [0.15, 0.2) is 0 Å². The summed E-state index contributed by atoms with van der Waals surface area (Å²) in [5.41, 5.74) is -1.32. The number of benzene rings is 1. The molecular formula is C17H19F7. The second-order valence-electron chi connectivity index (χ2n) is 6.35. The summed E-state index contributed by atoms with van der Waals surface area (Å²) in [5, 5.41) is 0. The van der Waals surface area contributed by atoms with E-state index in [-0.39, 0.29) is 18.2 Å². The molecule has 2 rings (SSSR count). The predicted molar refractivity (Wildman–Crippen MR) is 76.2 cm³/mol. The highest BCUT2D eigenvalue weighted by molar-refractivity contribution is 5.31. The molecule has 1 aliphatic rings. The van der Waals surface area contributed by atoms with Gasteiger partial charge in [-0.15, -0.1) is 0 Å². The zero-order chi connectivity index (χ0) is 17.9. The summed E-state index contributed by atoms with van der Waals surface area (Å²) in [6.45, 7) is -0.374. The van der Waals surface area contributed by atoms with Gasteiger partial charge in [-0.1, -0.05) is 0 Å². The van der Waals surface area contributed by atoms with E-state index in [1.165, 1.54) is 0 Å². The predicted octanol–water partition coefficient (Wildman–Crippen LogP) is 6.56. The van der Waals surface area contributed by atoms with Crippen molar-refractivity contribution in [1.82, 2.24) is 0 Å². The topological polar surface area (TPSA) is 0 Å². The van der Waals surface area contributed by atoms with E-state index >= 15 is 0 Å². The summed E-state index contributed by atoms with van der Waals surface area (Å²) < 4.78 is 90.3. The second-order valence-corrected chi connectivity index (χ2v) is 6.35. The summed E-state index contributed by atoms with van der Waals surface area (Å²) in [4.78, 5) is 0. The lowest BCUT2D eigenvalue weighted by atomic mass is 9.77. The smallest absolute Gasteiger partial charge is 0.251 e. The van der Waals surface area contributed by atoms with Gasteiger partial charge in [0, 0.05) is 0 Å². The number of hydrogen-bond donors (Lipinski definition) is 0. The molecule has 0 N–H and O–H groups in total. The third-order valence-corrected chi connectivity index (χ3v) is 4.71. The lowest BCUT2D eigenvalue weighted by Crippen LogP contribution is -2.20. The number of alkyl halides is 5. The van der Waals surface area contributed by atoms with Gasteiger partial charge in [-0.05, 0) is 68.1 Å². The zero-order valence-electron chi connectivity index (χ0n) is 13.0. The molecule has 1 fully saturated rings. The third kappa shape index (κ3) is 4.42. The Morgan fingerprint density at radius 1 is 1.00 bits per heavy atom. The van der Waals surface area contributed by atoms with Crippen LogP contribution in [0.4, 0.5) is 30.7 Å². The fourth-order valence-electron chi connectivity index (χ4n) is 3.40. The normalized spacial score (nSPS) is 23.3. The summed E-state index contributed by atoms with van der Waals surface area (Å²) >= 11 is 0. The van der Waals surface area contributed by atoms with Crippen LogP contribution in [0.15, 0.2) is 12.1 Å². The molecule has 0 aromatic heterocycles. The average molecular weight is 356 g/mol. The first-order valence-corrected chi connectivity index (χ1v) is 7.99. The van der Waals surface area contributed by atoms with Gasteiger partial charge < -0.3 is 0 Å². The highest BCUT2D eigenvalue weighted by atomic mass is 19.4. The molecule has 0 spiro atoms. The maximum atomic E-state index is 13.9. The van der Waals surface area contributed by atoms with Crippen LogP contribution in [0, 0.1) is 17.6 Å². The van der Waals surface area contributed by atoms with Gasteiger partial charge >= 0.3 is 6.18 Å². The lowest BCUT2D eigenvalue weighted by Gasteiger charge is -2.29. The van der Waals surface area contributed by atoms with Gasteiger partial charge in [-0.2, -0.15) is 13.2 Å². The molecule has 0 aliphatic heterocycles. The molecule has 1 unspecified atom stereocenters. The van der Waals surface area contributed by atoms with Crippen LogP contribution in [0.5, 0.6) is 0 Å². The van der Waals surface area contributed by atoms with Crippen LogP contribution in [0.2, 0.25) is 0 Å². The molecule has 1 aromatic rings. The minimum Gasteiger partial charge on any atom is -0.251 e. The first-order valence-electron chi connectivity index (χ1n) is 7.99. The van der Waals surface area contributed by atoms with Crippen molar-refractivity contribution in [1.29, 1.82) is 0 Å². The van der Waals surface area contributed by atoms with E-state index in [4.69, 9.17) is 0 Å². The van der Waals surface area contributed by atoms with Crippen LogP contribution >= 0.6 is 0 Å². The quantitative estimate of drug-likeness (QED) is 0.524. The van der Waals surface area contributed by atoms with Gasteiger partial charge in [0.1, 0.15) is 11.6 Å². The Morgan fingerprint density at radius 2 is 1.54 bits per heavy atom. The SMILES string of the molecule is FCCCC1CCC(c2cc(F)c(C(F)C(F)(F)F)c(F)c2)CC1. The van der Waals surface area contributed by atoms with Crippen molar-refractivity contribution in [2.24, 2.45) is 5.92 Å². The van der Waals surface area contributed by atoms with Crippen LogP contribution in [-0.4, -0.2) is 12.9 Å². The van der Waals surface area contributed by atoms with Crippen LogP contribution in [0.25, 0.3) is 0 Å². The Balaban J connectivity index is 2.11.